The van der Waals surface area contributed by atoms with Crippen LogP contribution in [0.2, 0.25) is 0 Å². The van der Waals surface area contributed by atoms with E-state index in [0.29, 0.717) is 0 Å². The summed E-state index contributed by atoms with van der Waals surface area (Å²) in [5.74, 6) is 0.862. The topological polar surface area (TPSA) is 41.5 Å². The molecule has 3 heteroatoms. The van der Waals surface area contributed by atoms with Gasteiger partial charge in [0.25, 0.3) is 0 Å². The maximum absolute atomic E-state index is 10.5. The van der Waals surface area contributed by atoms with Crippen molar-refractivity contribution in [2.75, 3.05) is 13.1 Å². The van der Waals surface area contributed by atoms with Crippen LogP contribution in [0.25, 0.3) is 0 Å². The average Bonchev–Trinajstić information content (AvgIpc) is 2.30. The third kappa shape index (κ3) is 2.99. The van der Waals surface area contributed by atoms with Crippen LogP contribution in [0.15, 0.2) is 24.3 Å². The third-order valence-corrected chi connectivity index (χ3v) is 3.19. The molecule has 1 aliphatic heterocycles. The summed E-state index contributed by atoms with van der Waals surface area (Å²) in [6, 6.07) is 7.83. The molecular formula is C14H21NO2. The fourth-order valence-electron chi connectivity index (χ4n) is 2.24. The van der Waals surface area contributed by atoms with E-state index in [1.807, 2.05) is 38.1 Å². The highest BCUT2D eigenvalue weighted by molar-refractivity contribution is 5.31. The first-order valence-electron chi connectivity index (χ1n) is 6.30. The van der Waals surface area contributed by atoms with Crippen LogP contribution in [0.4, 0.5) is 0 Å². The molecule has 0 radical (unpaired) electrons. The summed E-state index contributed by atoms with van der Waals surface area (Å²) in [6.07, 6.45) is 1.73. The van der Waals surface area contributed by atoms with E-state index in [1.54, 1.807) is 0 Å². The van der Waals surface area contributed by atoms with Crippen molar-refractivity contribution in [3.8, 4) is 5.75 Å². The normalized spacial score (nSPS) is 19.3. The van der Waals surface area contributed by atoms with Crippen molar-refractivity contribution in [3.63, 3.8) is 0 Å². The fourth-order valence-corrected chi connectivity index (χ4v) is 2.24. The molecule has 1 fully saturated rings. The highest BCUT2D eigenvalue weighted by Gasteiger charge is 2.30. The second kappa shape index (κ2) is 5.07. The Labute approximate surface area is 103 Å². The maximum Gasteiger partial charge on any atom is 0.119 e. The molecule has 2 N–H and O–H groups in total. The van der Waals surface area contributed by atoms with E-state index in [-0.39, 0.29) is 6.10 Å². The van der Waals surface area contributed by atoms with Crippen LogP contribution in [0.3, 0.4) is 0 Å². The minimum Gasteiger partial charge on any atom is -0.491 e. The van der Waals surface area contributed by atoms with Crippen molar-refractivity contribution in [1.29, 1.82) is 0 Å². The maximum atomic E-state index is 10.5. The molecular weight excluding hydrogens is 214 g/mol. The number of hydrogen-bond acceptors (Lipinski definition) is 3. The highest BCUT2D eigenvalue weighted by atomic mass is 16.5. The molecule has 1 aromatic rings. The second-order valence-corrected chi connectivity index (χ2v) is 4.97. The summed E-state index contributed by atoms with van der Waals surface area (Å²) < 4.78 is 5.60. The number of nitrogens with one attached hydrogen (secondary N) is 1. The predicted octanol–water partition coefficient (Wildman–Crippen LogP) is 2.04. The molecule has 1 aliphatic rings. The highest BCUT2D eigenvalue weighted by Crippen LogP contribution is 2.31. The zero-order chi connectivity index (χ0) is 12.3. The molecule has 3 nitrogen and oxygen atoms in total. The Bertz CT molecular complexity index is 353. The SMILES string of the molecule is CC(C)Oc1ccc(C2(O)CCNCC2)cc1. The number of ether oxygens (including phenoxy) is 1. The van der Waals surface area contributed by atoms with Gasteiger partial charge in [0.1, 0.15) is 5.75 Å². The van der Waals surface area contributed by atoms with Crippen LogP contribution < -0.4 is 10.1 Å². The van der Waals surface area contributed by atoms with Gasteiger partial charge in [-0.3, -0.25) is 0 Å². The van der Waals surface area contributed by atoms with Crippen LogP contribution in [-0.2, 0) is 5.60 Å². The van der Waals surface area contributed by atoms with E-state index in [2.05, 4.69) is 5.32 Å². The first-order valence-corrected chi connectivity index (χ1v) is 6.30. The molecule has 0 saturated carbocycles. The van der Waals surface area contributed by atoms with Gasteiger partial charge in [-0.25, -0.2) is 0 Å². The summed E-state index contributed by atoms with van der Waals surface area (Å²) in [5.41, 5.74) is 0.330. The van der Waals surface area contributed by atoms with Gasteiger partial charge in [-0.15, -0.1) is 0 Å². The minimum atomic E-state index is -0.665. The Morgan fingerprint density at radius 2 is 1.76 bits per heavy atom. The van der Waals surface area contributed by atoms with Gasteiger partial charge >= 0.3 is 0 Å². The van der Waals surface area contributed by atoms with Crippen molar-refractivity contribution >= 4 is 0 Å². The van der Waals surface area contributed by atoms with Gasteiger partial charge < -0.3 is 15.2 Å². The van der Waals surface area contributed by atoms with E-state index in [1.165, 1.54) is 0 Å². The predicted molar refractivity (Wildman–Crippen MR) is 68.2 cm³/mol. The Morgan fingerprint density at radius 1 is 1.18 bits per heavy atom. The van der Waals surface area contributed by atoms with Crippen molar-refractivity contribution in [2.45, 2.75) is 38.4 Å². The number of benzene rings is 1. The van der Waals surface area contributed by atoms with Gasteiger partial charge in [-0.2, -0.15) is 0 Å². The van der Waals surface area contributed by atoms with E-state index >= 15 is 0 Å². The largest absolute Gasteiger partial charge is 0.491 e. The zero-order valence-corrected chi connectivity index (χ0v) is 10.6. The average molecular weight is 235 g/mol. The number of rotatable bonds is 3. The Morgan fingerprint density at radius 3 is 2.29 bits per heavy atom. The molecule has 1 heterocycles. The molecule has 0 spiro atoms. The quantitative estimate of drug-likeness (QED) is 0.842. The van der Waals surface area contributed by atoms with Crippen LogP contribution in [0.1, 0.15) is 32.3 Å². The van der Waals surface area contributed by atoms with E-state index in [4.69, 9.17) is 4.74 Å². The lowest BCUT2D eigenvalue weighted by Gasteiger charge is -2.33. The fraction of sp³-hybridized carbons (Fsp3) is 0.571. The Balaban J connectivity index is 2.11. The van der Waals surface area contributed by atoms with Crippen LogP contribution >= 0.6 is 0 Å². The van der Waals surface area contributed by atoms with Gasteiger partial charge in [0.05, 0.1) is 11.7 Å². The number of hydrogen-bond donors (Lipinski definition) is 2. The molecule has 0 aromatic heterocycles. The van der Waals surface area contributed by atoms with Crippen LogP contribution in [0, 0.1) is 0 Å². The summed E-state index contributed by atoms with van der Waals surface area (Å²) in [6.45, 7) is 5.77. The second-order valence-electron chi connectivity index (χ2n) is 4.97. The van der Waals surface area contributed by atoms with E-state index in [0.717, 1.165) is 37.2 Å². The molecule has 0 bridgehead atoms. The van der Waals surface area contributed by atoms with Gasteiger partial charge in [0.15, 0.2) is 0 Å². The van der Waals surface area contributed by atoms with Crippen molar-refractivity contribution in [3.05, 3.63) is 29.8 Å². The molecule has 0 amide bonds. The first-order chi connectivity index (χ1) is 8.10. The monoisotopic (exact) mass is 235 g/mol. The summed E-state index contributed by atoms with van der Waals surface area (Å²) in [7, 11) is 0. The smallest absolute Gasteiger partial charge is 0.119 e. The molecule has 0 unspecified atom stereocenters. The number of aliphatic hydroxyl groups is 1. The van der Waals surface area contributed by atoms with E-state index < -0.39 is 5.60 Å². The van der Waals surface area contributed by atoms with Gasteiger partial charge in [0, 0.05) is 0 Å². The van der Waals surface area contributed by atoms with Gasteiger partial charge in [0.2, 0.25) is 0 Å². The Kier molecular flexibility index (Phi) is 3.69. The molecule has 94 valence electrons. The van der Waals surface area contributed by atoms with Crippen molar-refractivity contribution in [2.24, 2.45) is 0 Å². The van der Waals surface area contributed by atoms with Gasteiger partial charge in [-0.1, -0.05) is 12.1 Å². The molecule has 1 aromatic carbocycles. The molecule has 1 saturated heterocycles. The molecule has 0 aliphatic carbocycles. The lowest BCUT2D eigenvalue weighted by molar-refractivity contribution is 0.00589. The third-order valence-electron chi connectivity index (χ3n) is 3.19. The molecule has 17 heavy (non-hydrogen) atoms. The zero-order valence-electron chi connectivity index (χ0n) is 10.6. The Hall–Kier alpha value is -1.06. The van der Waals surface area contributed by atoms with Crippen molar-refractivity contribution in [1.82, 2.24) is 5.32 Å². The molecule has 2 rings (SSSR count). The minimum absolute atomic E-state index is 0.183. The molecule has 0 atom stereocenters. The first kappa shape index (κ1) is 12.4. The summed E-state index contributed by atoms with van der Waals surface area (Å²) >= 11 is 0. The van der Waals surface area contributed by atoms with Gasteiger partial charge in [-0.05, 0) is 57.5 Å². The van der Waals surface area contributed by atoms with Crippen molar-refractivity contribution < 1.29 is 9.84 Å². The number of piperidine rings is 1. The standard InChI is InChI=1S/C14H21NO2/c1-11(2)17-13-5-3-12(4-6-13)14(16)7-9-15-10-8-14/h3-6,11,15-16H,7-10H2,1-2H3. The van der Waals surface area contributed by atoms with Crippen LogP contribution in [0.5, 0.6) is 5.75 Å². The van der Waals surface area contributed by atoms with E-state index in [9.17, 15) is 5.11 Å². The lowest BCUT2D eigenvalue weighted by Crippen LogP contribution is -2.39. The lowest BCUT2D eigenvalue weighted by atomic mass is 9.85. The summed E-state index contributed by atoms with van der Waals surface area (Å²) in [5, 5.41) is 13.8. The van der Waals surface area contributed by atoms with Crippen LogP contribution in [-0.4, -0.2) is 24.3 Å². The summed E-state index contributed by atoms with van der Waals surface area (Å²) in [4.78, 5) is 0.